The van der Waals surface area contributed by atoms with Crippen LogP contribution in [0.2, 0.25) is 0 Å². The van der Waals surface area contributed by atoms with Gasteiger partial charge in [-0.25, -0.2) is 0 Å². The van der Waals surface area contributed by atoms with Gasteiger partial charge in [-0.15, -0.1) is 0 Å². The van der Waals surface area contributed by atoms with Crippen LogP contribution in [0.15, 0.2) is 0 Å². The first-order valence-corrected chi connectivity index (χ1v) is 8.25. The predicted octanol–water partition coefficient (Wildman–Crippen LogP) is 4.92. The first kappa shape index (κ1) is 44.5. The van der Waals surface area contributed by atoms with Gasteiger partial charge in [-0.2, -0.15) is 79.0 Å². The Morgan fingerprint density at radius 1 is 0.275 bits per heavy atom. The maximum atomic E-state index is 11.3. The molecule has 0 heterocycles. The van der Waals surface area contributed by atoms with Gasteiger partial charge in [0.2, 0.25) is 34.7 Å². The summed E-state index contributed by atoms with van der Waals surface area (Å²) >= 11 is 0. The average molecular weight is 720 g/mol. The van der Waals surface area contributed by atoms with Crippen LogP contribution < -0.4 is 0 Å². The van der Waals surface area contributed by atoms with Crippen molar-refractivity contribution in [2.75, 3.05) is 0 Å². The summed E-state index contributed by atoms with van der Waals surface area (Å²) in [5.74, 6) is -16.2. The van der Waals surface area contributed by atoms with Gasteiger partial charge in [0.1, 0.15) is 0 Å². The molecule has 0 rings (SSSR count). The minimum atomic E-state index is -5.40. The third-order valence-electron chi connectivity index (χ3n) is 2.86. The van der Waals surface area contributed by atoms with Gasteiger partial charge in [0.05, 0.1) is 19.3 Å². The molecule has 40 heavy (non-hydrogen) atoms. The number of halogens is 18. The largest absolute Gasteiger partial charge is 3.00 e. The van der Waals surface area contributed by atoms with Crippen molar-refractivity contribution in [2.24, 2.45) is 0 Å². The molecular weight excluding hydrogens is 714 g/mol. The molecule has 0 aromatic heterocycles. The van der Waals surface area contributed by atoms with E-state index >= 15 is 0 Å². The number of hydrogen-bond acceptors (Lipinski definition) is 6. The number of Topliss-reactive ketones (excluding diaryl/α,β-unsaturated/α-hetero) is 6. The van der Waals surface area contributed by atoms with Crippen LogP contribution in [-0.2, 0) is 49.8 Å². The van der Waals surface area contributed by atoms with Crippen molar-refractivity contribution < 1.29 is 129 Å². The molecule has 0 aliphatic heterocycles. The molecule has 0 amide bonds. The van der Waals surface area contributed by atoms with E-state index < -0.39 is 91.0 Å². The number of carbonyl (C=O) groups is 6. The fourth-order valence-electron chi connectivity index (χ4n) is 1.04. The summed E-state index contributed by atoms with van der Waals surface area (Å²) in [6.07, 6.45) is -39.0. The summed E-state index contributed by atoms with van der Waals surface area (Å²) in [6, 6.07) is 0. The topological polar surface area (TPSA) is 102 Å². The Morgan fingerprint density at radius 2 is 0.350 bits per heavy atom. The molecule has 0 aliphatic rings. The zero-order chi connectivity index (χ0) is 32.6. The van der Waals surface area contributed by atoms with Crippen molar-refractivity contribution in [3.8, 4) is 0 Å². The van der Waals surface area contributed by atoms with Crippen LogP contribution in [0.4, 0.5) is 79.0 Å². The fourth-order valence-corrected chi connectivity index (χ4v) is 1.04. The van der Waals surface area contributed by atoms with Crippen molar-refractivity contribution in [3.05, 3.63) is 0 Å². The molecule has 0 N–H and O–H groups in total. The van der Waals surface area contributed by atoms with E-state index in [9.17, 15) is 108 Å². The Bertz CT molecular complexity index is 726. The summed E-state index contributed by atoms with van der Waals surface area (Å²) in [5, 5.41) is 0. The summed E-state index contributed by atoms with van der Waals surface area (Å²) in [4.78, 5) is 59.3. The van der Waals surface area contributed by atoms with Crippen LogP contribution >= 0.6 is 0 Å². The first-order valence-electron chi connectivity index (χ1n) is 8.25. The normalized spacial score (nSPS) is 12.4. The van der Waals surface area contributed by atoms with Crippen molar-refractivity contribution in [1.82, 2.24) is 0 Å². The van der Waals surface area contributed by atoms with Gasteiger partial charge in [-0.05, 0) is 0 Å². The Morgan fingerprint density at radius 3 is 0.400 bits per heavy atom. The van der Waals surface area contributed by atoms with E-state index in [1.807, 2.05) is 0 Å². The summed E-state index contributed by atoms with van der Waals surface area (Å²) in [7, 11) is 0. The van der Waals surface area contributed by atoms with E-state index in [-0.39, 0.29) is 21.1 Å². The van der Waals surface area contributed by atoms with E-state index in [1.54, 1.807) is 0 Å². The molecule has 0 saturated heterocycles. The smallest absolute Gasteiger partial charge is 0.289 e. The van der Waals surface area contributed by atoms with Gasteiger partial charge in [-0.3, -0.25) is 28.8 Å². The SMILES string of the molecule is O=C(CC(=O)C(F)(F)F)C(F)(F)F.O=C(CC(=O)C(F)(F)F)C(F)(F)F.O=C(CC(=O)C(F)(F)F)C(F)(F)F.[Mo+3]. The first-order chi connectivity index (χ1) is 16.6. The standard InChI is InChI=1S/3C5H2F6O2.Mo/c3*6-4(7,8)2(12)1-3(13)5(9,10)11;/h3*1H2;/q;;;+3. The monoisotopic (exact) mass is 722 g/mol. The Labute approximate surface area is 220 Å². The minimum absolute atomic E-state index is 0. The van der Waals surface area contributed by atoms with E-state index in [1.165, 1.54) is 0 Å². The van der Waals surface area contributed by atoms with E-state index in [0.717, 1.165) is 0 Å². The number of ketones is 6. The Hall–Kier alpha value is -2.55. The molecular formula is C15H6F18MoO6+3. The van der Waals surface area contributed by atoms with Crippen LogP contribution in [-0.4, -0.2) is 71.8 Å². The van der Waals surface area contributed by atoms with Crippen molar-refractivity contribution in [3.63, 3.8) is 0 Å². The Balaban J connectivity index is -0.000000240. The van der Waals surface area contributed by atoms with Crippen LogP contribution in [0.5, 0.6) is 0 Å². The molecule has 0 bridgehead atoms. The van der Waals surface area contributed by atoms with Crippen molar-refractivity contribution in [2.45, 2.75) is 56.3 Å². The quantitative estimate of drug-likeness (QED) is 0.220. The van der Waals surface area contributed by atoms with Gasteiger partial charge in [0.25, 0.3) is 0 Å². The number of alkyl halides is 18. The second kappa shape index (κ2) is 15.4. The third-order valence-corrected chi connectivity index (χ3v) is 2.86. The third kappa shape index (κ3) is 20.4. The molecule has 0 spiro atoms. The second-order valence-electron chi connectivity index (χ2n) is 6.06. The summed E-state index contributed by atoms with van der Waals surface area (Å²) in [5.41, 5.74) is 0. The molecule has 0 aromatic carbocycles. The van der Waals surface area contributed by atoms with E-state index in [4.69, 9.17) is 0 Å². The molecule has 0 aromatic rings. The summed E-state index contributed by atoms with van der Waals surface area (Å²) in [6.45, 7) is 0. The van der Waals surface area contributed by atoms with Gasteiger partial charge in [0.15, 0.2) is 0 Å². The zero-order valence-electron chi connectivity index (χ0n) is 17.8. The van der Waals surface area contributed by atoms with E-state index in [0.29, 0.717) is 0 Å². The molecule has 25 heteroatoms. The van der Waals surface area contributed by atoms with Gasteiger partial charge < -0.3 is 0 Å². The number of carbonyl (C=O) groups excluding carboxylic acids is 6. The van der Waals surface area contributed by atoms with Gasteiger partial charge in [0, 0.05) is 0 Å². The second-order valence-corrected chi connectivity index (χ2v) is 6.06. The Kier molecular flexibility index (Phi) is 17.2. The zero-order valence-corrected chi connectivity index (χ0v) is 19.8. The van der Waals surface area contributed by atoms with Crippen LogP contribution in [0.3, 0.4) is 0 Å². The molecule has 0 unspecified atom stereocenters. The number of hydrogen-bond donors (Lipinski definition) is 0. The van der Waals surface area contributed by atoms with Crippen LogP contribution in [0.25, 0.3) is 0 Å². The minimum Gasteiger partial charge on any atom is -0.289 e. The van der Waals surface area contributed by atoms with Crippen LogP contribution in [0.1, 0.15) is 19.3 Å². The maximum Gasteiger partial charge on any atom is 3.00 e. The van der Waals surface area contributed by atoms with Crippen molar-refractivity contribution in [1.29, 1.82) is 0 Å². The van der Waals surface area contributed by atoms with Gasteiger partial charge in [-0.1, -0.05) is 0 Å². The molecule has 231 valence electrons. The molecule has 1 radical (unpaired) electrons. The maximum absolute atomic E-state index is 11.3. The average Bonchev–Trinajstić information content (AvgIpc) is 2.64. The predicted molar refractivity (Wildman–Crippen MR) is 80.2 cm³/mol. The summed E-state index contributed by atoms with van der Waals surface area (Å²) < 4.78 is 204. The van der Waals surface area contributed by atoms with E-state index in [2.05, 4.69) is 0 Å². The fraction of sp³-hybridized carbons (Fsp3) is 0.600. The molecule has 0 aliphatic carbocycles. The van der Waals surface area contributed by atoms with Crippen LogP contribution in [0, 0.1) is 0 Å². The molecule has 0 saturated carbocycles. The molecule has 0 atom stereocenters. The van der Waals surface area contributed by atoms with Crippen molar-refractivity contribution >= 4 is 34.7 Å². The van der Waals surface area contributed by atoms with Gasteiger partial charge >= 0.3 is 58.1 Å². The number of rotatable bonds is 6. The molecule has 6 nitrogen and oxygen atoms in total. The molecule has 0 fully saturated rings.